The number of hydrogen-bond donors (Lipinski definition) is 3. The van der Waals surface area contributed by atoms with Crippen LogP contribution in [0.2, 0.25) is 0 Å². The summed E-state index contributed by atoms with van der Waals surface area (Å²) in [4.78, 5) is 22.5. The predicted molar refractivity (Wildman–Crippen MR) is 61.8 cm³/mol. The zero-order valence-electron chi connectivity index (χ0n) is 10.3. The molecule has 98 valence electrons. The van der Waals surface area contributed by atoms with Crippen molar-refractivity contribution < 1.29 is 19.4 Å². The van der Waals surface area contributed by atoms with Gasteiger partial charge in [0, 0.05) is 25.7 Å². The van der Waals surface area contributed by atoms with Gasteiger partial charge in [0.05, 0.1) is 0 Å². The van der Waals surface area contributed by atoms with E-state index in [1.807, 2.05) is 6.92 Å². The molecule has 0 aliphatic heterocycles. The number of carboxylic acid groups (broad SMARTS) is 1. The molecule has 0 radical (unpaired) electrons. The van der Waals surface area contributed by atoms with Gasteiger partial charge in [-0.15, -0.1) is 0 Å². The summed E-state index contributed by atoms with van der Waals surface area (Å²) in [5.41, 5.74) is -0.172. The molecule has 0 bridgehead atoms. The SMILES string of the molecule is COCCC(NC(=O)NC1(C)CCC1)C(=O)O. The molecule has 6 nitrogen and oxygen atoms in total. The first kappa shape index (κ1) is 13.8. The number of amides is 2. The third-order valence-electron chi connectivity index (χ3n) is 3.09. The number of ether oxygens (including phenoxy) is 1. The Labute approximate surface area is 101 Å². The molecule has 1 aliphatic carbocycles. The zero-order valence-corrected chi connectivity index (χ0v) is 10.3. The van der Waals surface area contributed by atoms with Crippen LogP contribution in [0.5, 0.6) is 0 Å². The minimum Gasteiger partial charge on any atom is -0.480 e. The smallest absolute Gasteiger partial charge is 0.326 e. The van der Waals surface area contributed by atoms with E-state index in [1.165, 1.54) is 7.11 Å². The highest BCUT2D eigenvalue weighted by molar-refractivity contribution is 5.82. The third kappa shape index (κ3) is 4.22. The lowest BCUT2D eigenvalue weighted by atomic mass is 9.79. The lowest BCUT2D eigenvalue weighted by Gasteiger charge is -2.39. The predicted octanol–water partition coefficient (Wildman–Crippen LogP) is 0.718. The van der Waals surface area contributed by atoms with E-state index in [4.69, 9.17) is 9.84 Å². The molecule has 0 aromatic carbocycles. The van der Waals surface area contributed by atoms with Crippen molar-refractivity contribution in [2.75, 3.05) is 13.7 Å². The van der Waals surface area contributed by atoms with E-state index in [1.54, 1.807) is 0 Å². The van der Waals surface area contributed by atoms with Crippen molar-refractivity contribution in [2.24, 2.45) is 0 Å². The number of hydrogen-bond acceptors (Lipinski definition) is 3. The van der Waals surface area contributed by atoms with Crippen LogP contribution in [0.25, 0.3) is 0 Å². The minimum absolute atomic E-state index is 0.172. The molecule has 6 heteroatoms. The number of carbonyl (C=O) groups is 2. The highest BCUT2D eigenvalue weighted by Gasteiger charge is 2.34. The number of rotatable bonds is 6. The maximum Gasteiger partial charge on any atom is 0.326 e. The van der Waals surface area contributed by atoms with E-state index in [9.17, 15) is 9.59 Å². The van der Waals surface area contributed by atoms with Crippen molar-refractivity contribution >= 4 is 12.0 Å². The second-order valence-electron chi connectivity index (χ2n) is 4.68. The van der Waals surface area contributed by atoms with Crippen LogP contribution in [0.1, 0.15) is 32.6 Å². The number of urea groups is 1. The lowest BCUT2D eigenvalue weighted by molar-refractivity contribution is -0.139. The van der Waals surface area contributed by atoms with Gasteiger partial charge in [0.2, 0.25) is 0 Å². The molecule has 1 unspecified atom stereocenters. The number of carboxylic acids is 1. The van der Waals surface area contributed by atoms with E-state index in [0.29, 0.717) is 6.61 Å². The van der Waals surface area contributed by atoms with Gasteiger partial charge in [0.15, 0.2) is 0 Å². The van der Waals surface area contributed by atoms with Gasteiger partial charge in [-0.2, -0.15) is 0 Å². The van der Waals surface area contributed by atoms with Gasteiger partial charge in [-0.25, -0.2) is 9.59 Å². The van der Waals surface area contributed by atoms with E-state index in [0.717, 1.165) is 19.3 Å². The molecular formula is C11H20N2O4. The van der Waals surface area contributed by atoms with Gasteiger partial charge < -0.3 is 20.5 Å². The topological polar surface area (TPSA) is 87.7 Å². The third-order valence-corrected chi connectivity index (χ3v) is 3.09. The fraction of sp³-hybridized carbons (Fsp3) is 0.818. The first-order valence-corrected chi connectivity index (χ1v) is 5.77. The Hall–Kier alpha value is -1.30. The van der Waals surface area contributed by atoms with Gasteiger partial charge >= 0.3 is 12.0 Å². The molecule has 2 amide bonds. The summed E-state index contributed by atoms with van der Waals surface area (Å²) in [5.74, 6) is -1.05. The molecule has 1 rings (SSSR count). The van der Waals surface area contributed by atoms with Crippen molar-refractivity contribution in [3.05, 3.63) is 0 Å². The van der Waals surface area contributed by atoms with Crippen LogP contribution >= 0.6 is 0 Å². The van der Waals surface area contributed by atoms with Gasteiger partial charge in [0.25, 0.3) is 0 Å². The zero-order chi connectivity index (χ0) is 12.9. The molecule has 1 aliphatic rings. The van der Waals surface area contributed by atoms with Gasteiger partial charge in [-0.05, 0) is 26.2 Å². The number of carbonyl (C=O) groups excluding carboxylic acids is 1. The second-order valence-corrected chi connectivity index (χ2v) is 4.68. The Morgan fingerprint density at radius 1 is 1.47 bits per heavy atom. The molecule has 0 heterocycles. The van der Waals surface area contributed by atoms with Gasteiger partial charge in [-0.3, -0.25) is 0 Å². The summed E-state index contributed by atoms with van der Waals surface area (Å²) < 4.78 is 4.80. The average Bonchev–Trinajstić information content (AvgIpc) is 2.21. The number of methoxy groups -OCH3 is 1. The Morgan fingerprint density at radius 2 is 2.12 bits per heavy atom. The molecular weight excluding hydrogens is 224 g/mol. The molecule has 0 aromatic heterocycles. The maximum atomic E-state index is 11.6. The van der Waals surface area contributed by atoms with Crippen LogP contribution < -0.4 is 10.6 Å². The van der Waals surface area contributed by atoms with Crippen LogP contribution in [-0.4, -0.2) is 42.4 Å². The second kappa shape index (κ2) is 5.86. The van der Waals surface area contributed by atoms with Crippen molar-refractivity contribution in [3.8, 4) is 0 Å². The summed E-state index contributed by atoms with van der Waals surface area (Å²) in [6.07, 6.45) is 3.24. The van der Waals surface area contributed by atoms with Crippen LogP contribution in [0, 0.1) is 0 Å². The highest BCUT2D eigenvalue weighted by Crippen LogP contribution is 2.30. The van der Waals surface area contributed by atoms with Gasteiger partial charge in [0.1, 0.15) is 6.04 Å². The fourth-order valence-electron chi connectivity index (χ4n) is 1.79. The molecule has 3 N–H and O–H groups in total. The van der Waals surface area contributed by atoms with Crippen molar-refractivity contribution in [1.29, 1.82) is 0 Å². The van der Waals surface area contributed by atoms with E-state index in [-0.39, 0.29) is 12.0 Å². The summed E-state index contributed by atoms with van der Waals surface area (Å²) in [5, 5.41) is 14.2. The van der Waals surface area contributed by atoms with Crippen molar-refractivity contribution in [1.82, 2.24) is 10.6 Å². The van der Waals surface area contributed by atoms with E-state index >= 15 is 0 Å². The quantitative estimate of drug-likeness (QED) is 0.642. The van der Waals surface area contributed by atoms with Crippen LogP contribution in [0.3, 0.4) is 0 Å². The fourth-order valence-corrected chi connectivity index (χ4v) is 1.79. The Bertz CT molecular complexity index is 289. The van der Waals surface area contributed by atoms with Crippen LogP contribution in [-0.2, 0) is 9.53 Å². The van der Waals surface area contributed by atoms with Crippen molar-refractivity contribution in [2.45, 2.75) is 44.2 Å². The number of aliphatic carboxylic acids is 1. The highest BCUT2D eigenvalue weighted by atomic mass is 16.5. The normalized spacial score (nSPS) is 18.9. The number of nitrogens with one attached hydrogen (secondary N) is 2. The summed E-state index contributed by atoms with van der Waals surface area (Å²) in [6, 6.07) is -1.32. The first-order valence-electron chi connectivity index (χ1n) is 5.77. The van der Waals surface area contributed by atoms with Crippen LogP contribution in [0.4, 0.5) is 4.79 Å². The molecule has 0 aromatic rings. The molecule has 0 saturated heterocycles. The maximum absolute atomic E-state index is 11.6. The van der Waals surface area contributed by atoms with E-state index < -0.39 is 18.0 Å². The molecule has 1 fully saturated rings. The summed E-state index contributed by atoms with van der Waals surface area (Å²) >= 11 is 0. The minimum atomic E-state index is -1.05. The summed E-state index contributed by atoms with van der Waals surface area (Å²) in [7, 11) is 1.49. The van der Waals surface area contributed by atoms with Gasteiger partial charge in [-0.1, -0.05) is 0 Å². The van der Waals surface area contributed by atoms with Crippen molar-refractivity contribution in [3.63, 3.8) is 0 Å². The first-order chi connectivity index (χ1) is 7.97. The Kier molecular flexibility index (Phi) is 4.74. The standard InChI is InChI=1S/C11H20N2O4/c1-11(5-3-6-11)13-10(16)12-8(9(14)15)4-7-17-2/h8H,3-7H2,1-2H3,(H,14,15)(H2,12,13,16). The molecule has 0 spiro atoms. The Balaban J connectivity index is 2.37. The summed E-state index contributed by atoms with van der Waals surface area (Å²) in [6.45, 7) is 2.26. The molecule has 1 saturated carbocycles. The molecule has 17 heavy (non-hydrogen) atoms. The monoisotopic (exact) mass is 244 g/mol. The largest absolute Gasteiger partial charge is 0.480 e. The van der Waals surface area contributed by atoms with E-state index in [2.05, 4.69) is 10.6 Å². The lowest BCUT2D eigenvalue weighted by Crippen LogP contribution is -2.56. The Morgan fingerprint density at radius 3 is 2.53 bits per heavy atom. The van der Waals surface area contributed by atoms with Crippen LogP contribution in [0.15, 0.2) is 0 Å². The molecule has 1 atom stereocenters. The average molecular weight is 244 g/mol.